The summed E-state index contributed by atoms with van der Waals surface area (Å²) in [6.45, 7) is 0. The Labute approximate surface area is 210 Å². The molecule has 0 N–H and O–H groups in total. The molecule has 35 heavy (non-hydrogen) atoms. The van der Waals surface area contributed by atoms with Crippen LogP contribution in [-0.2, 0) is 9.47 Å². The molecule has 7 heteroatoms. The van der Waals surface area contributed by atoms with Gasteiger partial charge in [0.05, 0.1) is 30.4 Å². The van der Waals surface area contributed by atoms with Crippen LogP contribution in [0.25, 0.3) is 44.2 Å². The van der Waals surface area contributed by atoms with E-state index in [-0.39, 0.29) is 11.1 Å². The van der Waals surface area contributed by atoms with Crippen molar-refractivity contribution < 1.29 is 23.5 Å². The molecular weight excluding hydrogens is 487 g/mol. The average molecular weight is 505 g/mol. The van der Waals surface area contributed by atoms with E-state index < -0.39 is 11.9 Å². The zero-order valence-electron chi connectivity index (χ0n) is 18.7. The molecule has 0 bridgehead atoms. The SMILES string of the molecule is COC(=O)c1c(-c2ccc(Cl)cc2)ccc(-c2ccc(Cl)c3c2oc2ccccc23)c1C(=O)OC. The van der Waals surface area contributed by atoms with Crippen molar-refractivity contribution in [3.05, 3.63) is 94.0 Å². The molecule has 0 aliphatic rings. The molecule has 5 nitrogen and oxygen atoms in total. The number of carbonyl (C=O) groups is 2. The first-order chi connectivity index (χ1) is 16.9. The molecule has 0 saturated heterocycles. The van der Waals surface area contributed by atoms with Gasteiger partial charge in [-0.2, -0.15) is 0 Å². The lowest BCUT2D eigenvalue weighted by Gasteiger charge is -2.17. The van der Waals surface area contributed by atoms with Crippen LogP contribution in [0.1, 0.15) is 20.7 Å². The van der Waals surface area contributed by atoms with Crippen LogP contribution in [0.5, 0.6) is 0 Å². The Morgan fingerprint density at radius 1 is 0.714 bits per heavy atom. The van der Waals surface area contributed by atoms with Gasteiger partial charge in [-0.05, 0) is 41.5 Å². The summed E-state index contributed by atoms with van der Waals surface area (Å²) in [5, 5.41) is 2.63. The summed E-state index contributed by atoms with van der Waals surface area (Å²) in [6.07, 6.45) is 0. The Morgan fingerprint density at radius 3 is 2.00 bits per heavy atom. The predicted molar refractivity (Wildman–Crippen MR) is 137 cm³/mol. The summed E-state index contributed by atoms with van der Waals surface area (Å²) in [5.41, 5.74) is 3.55. The highest BCUT2D eigenvalue weighted by atomic mass is 35.5. The number of carbonyl (C=O) groups excluding carboxylic acids is 2. The molecule has 5 aromatic rings. The van der Waals surface area contributed by atoms with Crippen molar-refractivity contribution in [2.24, 2.45) is 0 Å². The van der Waals surface area contributed by atoms with Gasteiger partial charge in [0.1, 0.15) is 11.2 Å². The van der Waals surface area contributed by atoms with Crippen molar-refractivity contribution in [1.82, 2.24) is 0 Å². The Hall–Kier alpha value is -3.80. The summed E-state index contributed by atoms with van der Waals surface area (Å²) in [7, 11) is 2.53. The Bertz CT molecular complexity index is 1620. The molecule has 0 aliphatic heterocycles. The highest BCUT2D eigenvalue weighted by molar-refractivity contribution is 6.38. The minimum Gasteiger partial charge on any atom is -0.465 e. The lowest BCUT2D eigenvalue weighted by molar-refractivity contribution is 0.0556. The van der Waals surface area contributed by atoms with Gasteiger partial charge in [-0.3, -0.25) is 0 Å². The molecule has 5 rings (SSSR count). The highest BCUT2D eigenvalue weighted by Crippen LogP contribution is 2.42. The minimum atomic E-state index is -0.685. The van der Waals surface area contributed by atoms with Crippen LogP contribution in [0, 0.1) is 0 Å². The second-order valence-corrected chi connectivity index (χ2v) is 8.64. The normalized spacial score (nSPS) is 11.1. The monoisotopic (exact) mass is 504 g/mol. The molecule has 0 aliphatic carbocycles. The number of fused-ring (bicyclic) bond motifs is 3. The topological polar surface area (TPSA) is 65.7 Å². The molecule has 0 saturated carbocycles. The van der Waals surface area contributed by atoms with Crippen molar-refractivity contribution in [3.63, 3.8) is 0 Å². The minimum absolute atomic E-state index is 0.0656. The Morgan fingerprint density at radius 2 is 1.31 bits per heavy atom. The second kappa shape index (κ2) is 9.10. The van der Waals surface area contributed by atoms with E-state index in [1.165, 1.54) is 14.2 Å². The fraction of sp³-hybridized carbons (Fsp3) is 0.0714. The van der Waals surface area contributed by atoms with E-state index in [0.717, 1.165) is 10.8 Å². The van der Waals surface area contributed by atoms with Crippen LogP contribution >= 0.6 is 23.2 Å². The summed E-state index contributed by atoms with van der Waals surface area (Å²) in [6, 6.07) is 21.5. The van der Waals surface area contributed by atoms with Crippen molar-refractivity contribution in [1.29, 1.82) is 0 Å². The van der Waals surface area contributed by atoms with E-state index in [1.54, 1.807) is 48.5 Å². The maximum Gasteiger partial charge on any atom is 0.339 e. The van der Waals surface area contributed by atoms with Crippen molar-refractivity contribution in [3.8, 4) is 22.3 Å². The van der Waals surface area contributed by atoms with E-state index >= 15 is 0 Å². The van der Waals surface area contributed by atoms with Gasteiger partial charge in [0.15, 0.2) is 0 Å². The number of hydrogen-bond acceptors (Lipinski definition) is 5. The van der Waals surface area contributed by atoms with Gasteiger partial charge in [0, 0.05) is 26.9 Å². The van der Waals surface area contributed by atoms with Gasteiger partial charge in [0.25, 0.3) is 0 Å². The van der Waals surface area contributed by atoms with Crippen LogP contribution in [0.4, 0.5) is 0 Å². The lowest BCUT2D eigenvalue weighted by atomic mass is 9.88. The average Bonchev–Trinajstić information content (AvgIpc) is 3.28. The summed E-state index contributed by atoms with van der Waals surface area (Å²) in [4.78, 5) is 26.2. The van der Waals surface area contributed by atoms with Gasteiger partial charge in [-0.15, -0.1) is 0 Å². The molecule has 4 aromatic carbocycles. The number of esters is 2. The summed E-state index contributed by atoms with van der Waals surface area (Å²) >= 11 is 12.6. The van der Waals surface area contributed by atoms with Crippen LogP contribution in [0.15, 0.2) is 77.2 Å². The molecule has 0 unspecified atom stereocenters. The first kappa shape index (κ1) is 23.0. The maximum atomic E-state index is 13.2. The molecule has 0 atom stereocenters. The number of furan rings is 1. The van der Waals surface area contributed by atoms with E-state index in [2.05, 4.69) is 0 Å². The molecule has 174 valence electrons. The van der Waals surface area contributed by atoms with Crippen LogP contribution in [-0.4, -0.2) is 26.2 Å². The zero-order valence-corrected chi connectivity index (χ0v) is 20.2. The number of ether oxygens (including phenoxy) is 2. The number of halogens is 2. The first-order valence-corrected chi connectivity index (χ1v) is 11.4. The smallest absolute Gasteiger partial charge is 0.339 e. The molecule has 1 aromatic heterocycles. The Balaban J connectivity index is 1.88. The van der Waals surface area contributed by atoms with E-state index in [4.69, 9.17) is 37.1 Å². The number of benzene rings is 4. The molecule has 1 heterocycles. The van der Waals surface area contributed by atoms with Crippen molar-refractivity contribution in [2.45, 2.75) is 0 Å². The van der Waals surface area contributed by atoms with Gasteiger partial charge in [0.2, 0.25) is 0 Å². The predicted octanol–water partition coefficient (Wildman–Crippen LogP) is 7.80. The molecule has 0 fully saturated rings. The van der Waals surface area contributed by atoms with E-state index in [9.17, 15) is 9.59 Å². The highest BCUT2D eigenvalue weighted by Gasteiger charge is 2.29. The fourth-order valence-corrected chi connectivity index (χ4v) is 4.70. The number of methoxy groups -OCH3 is 2. The van der Waals surface area contributed by atoms with Gasteiger partial charge >= 0.3 is 11.9 Å². The first-order valence-electron chi connectivity index (χ1n) is 10.6. The fourth-order valence-electron chi connectivity index (χ4n) is 4.33. The zero-order chi connectivity index (χ0) is 24.7. The molecular formula is C28H18Cl2O5. The summed E-state index contributed by atoms with van der Waals surface area (Å²) < 4.78 is 16.4. The van der Waals surface area contributed by atoms with Gasteiger partial charge in [-0.25, -0.2) is 9.59 Å². The number of rotatable bonds is 4. The number of para-hydroxylation sites is 1. The second-order valence-electron chi connectivity index (χ2n) is 7.80. The van der Waals surface area contributed by atoms with Crippen molar-refractivity contribution in [2.75, 3.05) is 14.2 Å². The van der Waals surface area contributed by atoms with Crippen LogP contribution < -0.4 is 0 Å². The standard InChI is InChI=1S/C28H18Cl2O5/c1-33-27(31)24-17(15-7-9-16(29)10-8-15)11-12-18(25(24)28(32)34-2)19-13-14-21(30)23-20-5-3-4-6-22(20)35-26(19)23/h3-14H,1-2H3. The lowest BCUT2D eigenvalue weighted by Crippen LogP contribution is -2.15. The summed E-state index contributed by atoms with van der Waals surface area (Å²) in [5.74, 6) is -1.36. The van der Waals surface area contributed by atoms with Crippen LogP contribution in [0.3, 0.4) is 0 Å². The third-order valence-corrected chi connectivity index (χ3v) is 6.47. The third kappa shape index (κ3) is 3.83. The molecule has 0 amide bonds. The number of hydrogen-bond donors (Lipinski definition) is 0. The van der Waals surface area contributed by atoms with Crippen molar-refractivity contribution >= 4 is 57.1 Å². The van der Waals surface area contributed by atoms with Gasteiger partial charge in [-0.1, -0.05) is 65.7 Å². The van der Waals surface area contributed by atoms with E-state index in [0.29, 0.717) is 43.5 Å². The Kier molecular flexibility index (Phi) is 5.97. The largest absolute Gasteiger partial charge is 0.465 e. The van der Waals surface area contributed by atoms with Crippen LogP contribution in [0.2, 0.25) is 10.0 Å². The van der Waals surface area contributed by atoms with E-state index in [1.807, 2.05) is 24.3 Å². The third-order valence-electron chi connectivity index (χ3n) is 5.91. The van der Waals surface area contributed by atoms with Gasteiger partial charge < -0.3 is 13.9 Å². The maximum absolute atomic E-state index is 13.2. The molecule has 0 spiro atoms. The molecule has 0 radical (unpaired) electrons. The quantitative estimate of drug-likeness (QED) is 0.233.